The molecule has 0 radical (unpaired) electrons. The first-order valence-electron chi connectivity index (χ1n) is 10.9. The Hall–Kier alpha value is -3.93. The van der Waals surface area contributed by atoms with Crippen molar-refractivity contribution < 1.29 is 18.7 Å². The predicted octanol–water partition coefficient (Wildman–Crippen LogP) is 4.57. The Kier molecular flexibility index (Phi) is 5.42. The molecule has 2 aliphatic rings. The number of hydrogen-bond acceptors (Lipinski definition) is 4. The lowest BCUT2D eigenvalue weighted by molar-refractivity contribution is -0.137. The van der Waals surface area contributed by atoms with Gasteiger partial charge in [-0.05, 0) is 48.2 Å². The van der Waals surface area contributed by atoms with Crippen LogP contribution in [-0.2, 0) is 22.6 Å². The van der Waals surface area contributed by atoms with Crippen LogP contribution < -0.4 is 9.64 Å². The molecule has 0 unspecified atom stereocenters. The summed E-state index contributed by atoms with van der Waals surface area (Å²) in [4.78, 5) is 30.4. The highest BCUT2D eigenvalue weighted by Crippen LogP contribution is 2.38. The van der Waals surface area contributed by atoms with Crippen LogP contribution in [0.15, 0.2) is 78.5 Å². The lowest BCUT2D eigenvalue weighted by Crippen LogP contribution is -2.37. The number of carbonyl (C=O) groups is 2. The smallest absolute Gasteiger partial charge is 0.278 e. The molecule has 0 bridgehead atoms. The number of fused-ring (bicyclic) bond motifs is 1. The first kappa shape index (κ1) is 20.9. The zero-order chi connectivity index (χ0) is 22.9. The summed E-state index contributed by atoms with van der Waals surface area (Å²) >= 11 is 0. The molecule has 3 aromatic rings. The van der Waals surface area contributed by atoms with Crippen molar-refractivity contribution in [2.24, 2.45) is 0 Å². The quantitative estimate of drug-likeness (QED) is 0.544. The van der Waals surface area contributed by atoms with Crippen LogP contribution in [0.25, 0.3) is 5.57 Å². The minimum atomic E-state index is -0.444. The van der Waals surface area contributed by atoms with E-state index in [2.05, 4.69) is 0 Å². The molecule has 6 heteroatoms. The largest absolute Gasteiger partial charge is 0.497 e. The van der Waals surface area contributed by atoms with Crippen molar-refractivity contribution in [3.8, 4) is 5.75 Å². The van der Waals surface area contributed by atoms with Crippen molar-refractivity contribution in [2.75, 3.05) is 18.6 Å². The van der Waals surface area contributed by atoms with Gasteiger partial charge < -0.3 is 9.64 Å². The van der Waals surface area contributed by atoms with Crippen LogP contribution >= 0.6 is 0 Å². The molecule has 5 rings (SSSR count). The SMILES string of the molecule is COc1ccc(C2=C(N3CCCc4ccccc43)C(=O)N(Cc3ccccc3F)C2=O)cc1. The number of carbonyl (C=O) groups excluding carboxylic acids is 2. The van der Waals surface area contributed by atoms with Gasteiger partial charge in [0, 0.05) is 17.8 Å². The molecule has 0 saturated heterocycles. The van der Waals surface area contributed by atoms with Crippen molar-refractivity contribution in [3.05, 3.63) is 101 Å². The molecule has 0 aromatic heterocycles. The summed E-state index contributed by atoms with van der Waals surface area (Å²) in [6.07, 6.45) is 1.78. The summed E-state index contributed by atoms with van der Waals surface area (Å²) in [5, 5.41) is 0. The average molecular weight is 442 g/mol. The third-order valence-electron chi connectivity index (χ3n) is 6.19. The van der Waals surface area contributed by atoms with Crippen LogP contribution in [0.3, 0.4) is 0 Å². The minimum Gasteiger partial charge on any atom is -0.497 e. The number of benzene rings is 3. The molecule has 166 valence electrons. The molecule has 2 amide bonds. The Balaban J connectivity index is 1.62. The fourth-order valence-electron chi connectivity index (χ4n) is 4.54. The van der Waals surface area contributed by atoms with Crippen molar-refractivity contribution in [3.63, 3.8) is 0 Å². The summed E-state index contributed by atoms with van der Waals surface area (Å²) in [5.41, 5.74) is 3.66. The van der Waals surface area contributed by atoms with Gasteiger partial charge in [-0.25, -0.2) is 4.39 Å². The third kappa shape index (κ3) is 3.67. The number of amides is 2. The molecule has 0 aliphatic carbocycles. The molecule has 5 nitrogen and oxygen atoms in total. The first-order chi connectivity index (χ1) is 16.1. The van der Waals surface area contributed by atoms with Gasteiger partial charge in [-0.2, -0.15) is 0 Å². The van der Waals surface area contributed by atoms with Crippen LogP contribution in [-0.4, -0.2) is 30.4 Å². The molecule has 2 heterocycles. The highest BCUT2D eigenvalue weighted by atomic mass is 19.1. The molecule has 0 atom stereocenters. The summed E-state index contributed by atoms with van der Waals surface area (Å²) in [7, 11) is 1.57. The third-order valence-corrected chi connectivity index (χ3v) is 6.19. The Bertz CT molecular complexity index is 1270. The Morgan fingerprint density at radius 3 is 2.39 bits per heavy atom. The Morgan fingerprint density at radius 1 is 0.909 bits per heavy atom. The van der Waals surface area contributed by atoms with E-state index in [1.54, 1.807) is 49.6 Å². The van der Waals surface area contributed by atoms with Gasteiger partial charge in [0.25, 0.3) is 11.8 Å². The summed E-state index contributed by atoms with van der Waals surface area (Å²) in [5.74, 6) is -0.623. The molecular weight excluding hydrogens is 419 g/mol. The standard InChI is InChI=1S/C27H23FN2O3/c1-33-21-14-12-19(13-15-21)24-25(29-16-6-9-18-7-3-5-11-23(18)29)27(32)30(26(24)31)17-20-8-2-4-10-22(20)28/h2-5,7-8,10-15H,6,9,16-17H2,1H3. The van der Waals surface area contributed by atoms with E-state index in [9.17, 15) is 14.0 Å². The molecule has 0 N–H and O–H groups in total. The Morgan fingerprint density at radius 2 is 1.64 bits per heavy atom. The molecule has 0 saturated carbocycles. The van der Waals surface area contributed by atoms with Crippen LogP contribution in [0, 0.1) is 5.82 Å². The highest BCUT2D eigenvalue weighted by Gasteiger charge is 2.43. The summed E-state index contributed by atoms with van der Waals surface area (Å²) in [6, 6.07) is 21.2. The van der Waals surface area contributed by atoms with Crippen LogP contribution in [0.5, 0.6) is 5.75 Å². The maximum atomic E-state index is 14.4. The number of methoxy groups -OCH3 is 1. The van der Waals surface area contributed by atoms with Gasteiger partial charge in [-0.3, -0.25) is 14.5 Å². The normalized spacial score (nSPS) is 15.8. The van der Waals surface area contributed by atoms with Crippen molar-refractivity contribution in [2.45, 2.75) is 19.4 Å². The molecule has 33 heavy (non-hydrogen) atoms. The van der Waals surface area contributed by atoms with Gasteiger partial charge in [0.2, 0.25) is 0 Å². The number of hydrogen-bond donors (Lipinski definition) is 0. The number of nitrogens with zero attached hydrogens (tertiary/aromatic N) is 2. The van der Waals surface area contributed by atoms with Gasteiger partial charge >= 0.3 is 0 Å². The zero-order valence-electron chi connectivity index (χ0n) is 18.3. The van der Waals surface area contributed by atoms with Crippen LogP contribution in [0.4, 0.5) is 10.1 Å². The second-order valence-electron chi connectivity index (χ2n) is 8.12. The average Bonchev–Trinajstić information content (AvgIpc) is 3.09. The van der Waals surface area contributed by atoms with E-state index in [-0.39, 0.29) is 6.54 Å². The predicted molar refractivity (Wildman–Crippen MR) is 124 cm³/mol. The molecule has 0 fully saturated rings. The topological polar surface area (TPSA) is 49.9 Å². The van der Waals surface area contributed by atoms with Gasteiger partial charge in [-0.15, -0.1) is 0 Å². The van der Waals surface area contributed by atoms with E-state index in [0.29, 0.717) is 34.7 Å². The fourth-order valence-corrected chi connectivity index (χ4v) is 4.54. The number of anilines is 1. The van der Waals surface area contributed by atoms with Crippen molar-refractivity contribution in [1.29, 1.82) is 0 Å². The van der Waals surface area contributed by atoms with E-state index in [1.165, 1.54) is 6.07 Å². The zero-order valence-corrected chi connectivity index (χ0v) is 18.3. The number of aryl methyl sites for hydroxylation is 1. The second-order valence-corrected chi connectivity index (χ2v) is 8.12. The summed E-state index contributed by atoms with van der Waals surface area (Å²) < 4.78 is 19.6. The molecule has 3 aromatic carbocycles. The van der Waals surface area contributed by atoms with E-state index in [1.807, 2.05) is 29.2 Å². The minimum absolute atomic E-state index is 0.122. The fraction of sp³-hybridized carbons (Fsp3) is 0.185. The maximum Gasteiger partial charge on any atom is 0.278 e. The lowest BCUT2D eigenvalue weighted by Gasteiger charge is -2.32. The highest BCUT2D eigenvalue weighted by molar-refractivity contribution is 6.36. The van der Waals surface area contributed by atoms with E-state index >= 15 is 0 Å². The number of ether oxygens (including phenoxy) is 1. The monoisotopic (exact) mass is 442 g/mol. The summed E-state index contributed by atoms with van der Waals surface area (Å²) in [6.45, 7) is 0.502. The number of halogens is 1. The molecule has 2 aliphatic heterocycles. The number of imide groups is 1. The first-order valence-corrected chi connectivity index (χ1v) is 10.9. The van der Waals surface area contributed by atoms with Gasteiger partial charge in [0.15, 0.2) is 0 Å². The molecular formula is C27H23FN2O3. The number of para-hydroxylation sites is 1. The van der Waals surface area contributed by atoms with Gasteiger partial charge in [0.1, 0.15) is 17.3 Å². The van der Waals surface area contributed by atoms with Gasteiger partial charge in [0.05, 0.1) is 19.2 Å². The Labute approximate surface area is 191 Å². The lowest BCUT2D eigenvalue weighted by atomic mass is 9.98. The van der Waals surface area contributed by atoms with E-state index in [4.69, 9.17) is 4.74 Å². The maximum absolute atomic E-state index is 14.4. The van der Waals surface area contributed by atoms with Crippen molar-refractivity contribution in [1.82, 2.24) is 4.90 Å². The number of rotatable bonds is 5. The van der Waals surface area contributed by atoms with Crippen molar-refractivity contribution >= 4 is 23.1 Å². The van der Waals surface area contributed by atoms with Gasteiger partial charge in [-0.1, -0.05) is 48.5 Å². The van der Waals surface area contributed by atoms with E-state index in [0.717, 1.165) is 29.0 Å². The second kappa shape index (κ2) is 8.54. The van der Waals surface area contributed by atoms with Crippen LogP contribution in [0.1, 0.15) is 23.1 Å². The van der Waals surface area contributed by atoms with Crippen LogP contribution in [0.2, 0.25) is 0 Å². The van der Waals surface area contributed by atoms with E-state index < -0.39 is 17.6 Å². The molecule has 0 spiro atoms.